The molecule has 0 saturated heterocycles. The summed E-state index contributed by atoms with van der Waals surface area (Å²) in [6.07, 6.45) is 7.44. The van der Waals surface area contributed by atoms with Crippen LogP contribution in [0.5, 0.6) is 0 Å². The molecule has 4 nitrogen and oxygen atoms in total. The first-order chi connectivity index (χ1) is 19.2. The van der Waals surface area contributed by atoms with Crippen molar-refractivity contribution in [2.24, 2.45) is 52.3 Å². The molecule has 0 aromatic heterocycles. The maximum atomic E-state index is 17.2. The first-order valence-electron chi connectivity index (χ1n) is 17.4. The summed E-state index contributed by atoms with van der Waals surface area (Å²) < 4.78 is 31.4. The number of hydrogen-bond acceptors (Lipinski definition) is 3. The Morgan fingerprint density at radius 2 is 1.57 bits per heavy atom. The smallest absolute Gasteiger partial charge is 0.303 e. The predicted molar refractivity (Wildman–Crippen MR) is 176 cm³/mol. The van der Waals surface area contributed by atoms with Crippen LogP contribution in [0, 0.1) is 52.3 Å². The van der Waals surface area contributed by atoms with E-state index in [0.717, 1.165) is 32.1 Å². The van der Waals surface area contributed by atoms with E-state index in [0.29, 0.717) is 29.6 Å². The monoisotopic (exact) mass is 624 g/mol. The normalized spacial score (nSPS) is 43.3. The highest BCUT2D eigenvalue weighted by atomic mass is 28.4. The van der Waals surface area contributed by atoms with Crippen LogP contribution in [0.15, 0.2) is 0 Å². The molecule has 0 heterocycles. The fraction of sp³-hybridized carbons (Fsp3) is 0.971. The van der Waals surface area contributed by atoms with Crippen molar-refractivity contribution in [1.29, 1.82) is 0 Å². The topological polar surface area (TPSA) is 55.8 Å². The van der Waals surface area contributed by atoms with Gasteiger partial charge in [0.2, 0.25) is 0 Å². The number of aliphatic carboxylic acids is 1. The number of halogens is 1. The van der Waals surface area contributed by atoms with Gasteiger partial charge < -0.3 is 14.0 Å². The summed E-state index contributed by atoms with van der Waals surface area (Å²) >= 11 is 0. The zero-order chi connectivity index (χ0) is 31.6. The minimum Gasteiger partial charge on any atom is -0.481 e. The van der Waals surface area contributed by atoms with E-state index in [-0.39, 0.29) is 46.3 Å². The number of carboxylic acids is 1. The molecule has 0 spiro atoms. The Morgan fingerprint density at radius 3 is 2.12 bits per heavy atom. The summed E-state index contributed by atoms with van der Waals surface area (Å²) in [7, 11) is -4.00. The lowest BCUT2D eigenvalue weighted by molar-refractivity contribution is -0.217. The van der Waals surface area contributed by atoms with Crippen LogP contribution in [0.3, 0.4) is 0 Å². The second kappa shape index (κ2) is 11.8. The van der Waals surface area contributed by atoms with Gasteiger partial charge in [-0.2, -0.15) is 0 Å². The summed E-state index contributed by atoms with van der Waals surface area (Å²) in [5.41, 5.74) is 0.172. The minimum absolute atomic E-state index is 0.0235. The number of hydrogen-bond donors (Lipinski definition) is 1. The number of fused-ring (bicyclic) bond motifs is 5. The molecule has 6 unspecified atom stereocenters. The largest absolute Gasteiger partial charge is 0.481 e. The molecule has 0 aromatic carbocycles. The minimum atomic E-state index is -2.10. The summed E-state index contributed by atoms with van der Waals surface area (Å²) in [6.45, 7) is 27.8. The van der Waals surface area contributed by atoms with E-state index in [1.54, 1.807) is 0 Å². The third-order valence-electron chi connectivity index (χ3n) is 13.7. The highest BCUT2D eigenvalue weighted by Gasteiger charge is 2.68. The molecule has 4 aliphatic carbocycles. The fourth-order valence-corrected chi connectivity index (χ4v) is 13.2. The molecule has 0 aliphatic heterocycles. The Balaban J connectivity index is 1.71. The Hall–Kier alpha value is -0.246. The second-order valence-electron chi connectivity index (χ2n) is 18.1. The van der Waals surface area contributed by atoms with E-state index < -0.39 is 28.8 Å². The first-order valence-corrected chi connectivity index (χ1v) is 23.7. The van der Waals surface area contributed by atoms with Crippen LogP contribution >= 0.6 is 0 Å². The van der Waals surface area contributed by atoms with E-state index in [9.17, 15) is 9.90 Å². The van der Waals surface area contributed by atoms with E-state index in [1.807, 2.05) is 0 Å². The van der Waals surface area contributed by atoms with Crippen molar-refractivity contribution < 1.29 is 23.1 Å². The van der Waals surface area contributed by atoms with Gasteiger partial charge >= 0.3 is 5.97 Å². The van der Waals surface area contributed by atoms with Gasteiger partial charge in [0.05, 0.1) is 12.2 Å². The molecule has 1 N–H and O–H groups in total. The van der Waals surface area contributed by atoms with E-state index >= 15 is 4.39 Å². The number of carbonyl (C=O) groups is 1. The zero-order valence-corrected chi connectivity index (χ0v) is 31.2. The van der Waals surface area contributed by atoms with Gasteiger partial charge in [0.1, 0.15) is 6.17 Å². The van der Waals surface area contributed by atoms with Gasteiger partial charge in [-0.1, -0.05) is 54.9 Å². The van der Waals surface area contributed by atoms with Gasteiger partial charge in [-0.15, -0.1) is 0 Å². The lowest BCUT2D eigenvalue weighted by Gasteiger charge is -2.67. The van der Waals surface area contributed by atoms with Gasteiger partial charge in [0, 0.05) is 12.3 Å². The molecule has 4 fully saturated rings. The number of rotatable bonds is 9. The van der Waals surface area contributed by atoms with Crippen LogP contribution < -0.4 is 0 Å². The molecule has 4 aliphatic rings. The Kier molecular flexibility index (Phi) is 9.76. The van der Waals surface area contributed by atoms with Crippen molar-refractivity contribution in [3.63, 3.8) is 0 Å². The lowest BCUT2D eigenvalue weighted by atomic mass is 9.41. The molecule has 0 radical (unpaired) electrons. The van der Waals surface area contributed by atoms with Crippen molar-refractivity contribution in [3.05, 3.63) is 0 Å². The van der Waals surface area contributed by atoms with E-state index in [1.165, 1.54) is 19.3 Å². The summed E-state index contributed by atoms with van der Waals surface area (Å²) in [5.74, 6) is 1.98. The number of alkyl halides is 1. The Bertz CT molecular complexity index is 975. The second-order valence-corrected chi connectivity index (χ2v) is 27.3. The SMILES string of the molecule is CC[C@H]1C(O[Si](C)(C)C)C2C3CCC([C@H](C)CCC(=O)O)[C@@]3(C)CCC2[C@@]2(C)CCC(O[Si](C)(C)C(C)(C)C)[C@H](F)[C@@H]12. The van der Waals surface area contributed by atoms with E-state index in [4.69, 9.17) is 8.85 Å². The molecular weight excluding hydrogens is 560 g/mol. The Labute approximate surface area is 259 Å². The van der Waals surface area contributed by atoms with Crippen LogP contribution in [-0.4, -0.2) is 46.1 Å². The molecule has 4 rings (SSSR count). The highest BCUT2D eigenvalue weighted by molar-refractivity contribution is 6.74. The highest BCUT2D eigenvalue weighted by Crippen LogP contribution is 2.70. The zero-order valence-electron chi connectivity index (χ0n) is 29.2. The predicted octanol–water partition coefficient (Wildman–Crippen LogP) is 9.95. The molecular formula is C35H65FO4Si2. The van der Waals surface area contributed by atoms with E-state index in [2.05, 4.69) is 81.2 Å². The maximum Gasteiger partial charge on any atom is 0.303 e. The molecule has 244 valence electrons. The van der Waals surface area contributed by atoms with Gasteiger partial charge in [0.15, 0.2) is 16.6 Å². The third kappa shape index (κ3) is 6.12. The third-order valence-corrected chi connectivity index (χ3v) is 19.1. The quantitative estimate of drug-likeness (QED) is 0.259. The van der Waals surface area contributed by atoms with Gasteiger partial charge in [-0.05, 0) is 129 Å². The molecule has 0 amide bonds. The van der Waals surface area contributed by atoms with Crippen molar-refractivity contribution in [1.82, 2.24) is 0 Å². The average Bonchev–Trinajstić information content (AvgIpc) is 3.20. The molecule has 12 atom stereocenters. The van der Waals surface area contributed by atoms with Gasteiger partial charge in [-0.25, -0.2) is 4.39 Å². The van der Waals surface area contributed by atoms with Crippen molar-refractivity contribution >= 4 is 22.6 Å². The fourth-order valence-electron chi connectivity index (χ4n) is 10.7. The van der Waals surface area contributed by atoms with Crippen LogP contribution in [0.1, 0.15) is 106 Å². The molecule has 7 heteroatoms. The van der Waals surface area contributed by atoms with Crippen LogP contribution in [-0.2, 0) is 13.6 Å². The molecule has 4 saturated carbocycles. The average molecular weight is 625 g/mol. The first kappa shape index (κ1) is 34.6. The van der Waals surface area contributed by atoms with Crippen molar-refractivity contribution in [2.45, 2.75) is 162 Å². The molecule has 42 heavy (non-hydrogen) atoms. The summed E-state index contributed by atoms with van der Waals surface area (Å²) in [4.78, 5) is 11.4. The van der Waals surface area contributed by atoms with Crippen molar-refractivity contribution in [3.8, 4) is 0 Å². The molecule has 0 aromatic rings. The standard InChI is InChI=1S/C35H65FO4Si2/c1-13-23-30-31(36)27(39-42(11,12)33(3,4)5)19-21-35(30,7)26-18-20-34(6)24(22(2)14-17-28(37)38)15-16-25(34)29(26)32(23)40-41(8,9)10/h22-27,29-32H,13-21H2,1-12H3,(H,37,38)/t22-,23-,24?,25?,26?,27?,29?,30-,31+,32?,34-,35-/m1/s1. The van der Waals surface area contributed by atoms with Gasteiger partial charge in [0.25, 0.3) is 0 Å². The summed E-state index contributed by atoms with van der Waals surface area (Å²) in [6, 6.07) is 0. The molecule has 0 bridgehead atoms. The van der Waals surface area contributed by atoms with Crippen molar-refractivity contribution in [2.75, 3.05) is 0 Å². The van der Waals surface area contributed by atoms with Crippen LogP contribution in [0.4, 0.5) is 4.39 Å². The Morgan fingerprint density at radius 1 is 0.976 bits per heavy atom. The number of carboxylic acid groups (broad SMARTS) is 1. The van der Waals surface area contributed by atoms with Crippen LogP contribution in [0.2, 0.25) is 37.8 Å². The lowest BCUT2D eigenvalue weighted by Crippen LogP contribution is -2.67. The van der Waals surface area contributed by atoms with Gasteiger partial charge in [-0.3, -0.25) is 4.79 Å². The van der Waals surface area contributed by atoms with Crippen LogP contribution in [0.25, 0.3) is 0 Å². The maximum absolute atomic E-state index is 17.2. The summed E-state index contributed by atoms with van der Waals surface area (Å²) in [5, 5.41) is 9.45.